The molecule has 1 aromatic carbocycles. The number of fused-ring (bicyclic) bond motifs is 2. The van der Waals surface area contributed by atoms with Gasteiger partial charge in [0, 0.05) is 32.0 Å². The molecule has 3 aromatic heterocycles. The predicted octanol–water partition coefficient (Wildman–Crippen LogP) is 6.29. The number of aryl methyl sites for hydroxylation is 1. The Morgan fingerprint density at radius 3 is 2.42 bits per heavy atom. The third kappa shape index (κ3) is 5.91. The predicted molar refractivity (Wildman–Crippen MR) is 174 cm³/mol. The zero-order valence-corrected chi connectivity index (χ0v) is 29.4. The summed E-state index contributed by atoms with van der Waals surface area (Å²) in [6, 6.07) is 7.54. The Kier molecular flexibility index (Phi) is 8.31. The number of carbonyl (C=O) groups is 1. The number of Topliss-reactive ketones (excluding diaryl/α,β-unsaturated/α-hetero) is 1. The highest BCUT2D eigenvalue weighted by molar-refractivity contribution is 7.92. The van der Waals surface area contributed by atoms with Crippen LogP contribution in [0.15, 0.2) is 64.0 Å². The van der Waals surface area contributed by atoms with Crippen LogP contribution in [0.2, 0.25) is 18.1 Å². The molecule has 0 saturated carbocycles. The summed E-state index contributed by atoms with van der Waals surface area (Å²) in [6.07, 6.45) is 0.282. The van der Waals surface area contributed by atoms with Gasteiger partial charge in [0.2, 0.25) is 0 Å². The van der Waals surface area contributed by atoms with Crippen molar-refractivity contribution in [3.63, 3.8) is 0 Å². The van der Waals surface area contributed by atoms with E-state index in [4.69, 9.17) is 4.03 Å². The number of halogens is 4. The van der Waals surface area contributed by atoms with Gasteiger partial charge in [0.25, 0.3) is 0 Å². The van der Waals surface area contributed by atoms with Crippen LogP contribution in [-0.4, -0.2) is 65.4 Å². The van der Waals surface area contributed by atoms with Crippen LogP contribution in [0, 0.1) is 17.2 Å². The second kappa shape index (κ2) is 11.7. The van der Waals surface area contributed by atoms with Gasteiger partial charge in [-0.1, -0.05) is 20.8 Å². The van der Waals surface area contributed by atoms with Crippen molar-refractivity contribution in [2.24, 2.45) is 22.4 Å². The van der Waals surface area contributed by atoms with Crippen LogP contribution in [0.5, 0.6) is 0 Å². The molecule has 1 fully saturated rings. The Bertz CT molecular complexity index is 1990. The number of nitrogens with zero attached hydrogens (tertiary/aromatic N) is 8. The molecule has 4 aromatic rings. The third-order valence-electron chi connectivity index (χ3n) is 10.1. The summed E-state index contributed by atoms with van der Waals surface area (Å²) in [4.78, 5) is 20.2. The first-order valence-corrected chi connectivity index (χ1v) is 20.1. The molecule has 0 bridgehead atoms. The molecule has 1 aliphatic carbocycles. The Morgan fingerprint density at radius 2 is 1.79 bits per heavy atom. The van der Waals surface area contributed by atoms with Gasteiger partial charge in [-0.25, -0.2) is 17.6 Å². The number of pyridine rings is 1. The number of piperidine rings is 1. The molecule has 10 nitrogen and oxygen atoms in total. The number of ketones is 1. The first kappa shape index (κ1) is 34.1. The van der Waals surface area contributed by atoms with Crippen LogP contribution < -0.4 is 0 Å². The topological polar surface area (TPSA) is 111 Å². The quantitative estimate of drug-likeness (QED) is 0.133. The van der Waals surface area contributed by atoms with Gasteiger partial charge in [0.1, 0.15) is 11.5 Å². The van der Waals surface area contributed by atoms with Crippen molar-refractivity contribution in [3.05, 3.63) is 83.3 Å². The fourth-order valence-electron chi connectivity index (χ4n) is 6.41. The minimum atomic E-state index is -4.67. The van der Waals surface area contributed by atoms with Crippen LogP contribution in [0.3, 0.4) is 0 Å². The standard InChI is InChI=1S/C32H38F4N8O2SSi/c1-30(2,3)48(5,6)41-47(46,28-19-38-42(4)40-28)43-14-12-22-16-27-21(18-39-44(27)25-9-7-24(33)8-10-25)17-31(22,20-43)29(45)26-15-23(11-13-37-26)32(34,35)36/h7-11,13,15,18-19,22H,12,14,16-17,20H2,1-6H3/t22?,31-,47?/m0/s1. The van der Waals surface area contributed by atoms with Crippen molar-refractivity contribution in [1.82, 2.24) is 34.1 Å². The highest BCUT2D eigenvalue weighted by Crippen LogP contribution is 2.49. The van der Waals surface area contributed by atoms with E-state index in [0.29, 0.717) is 25.1 Å². The van der Waals surface area contributed by atoms with Gasteiger partial charge in [0.05, 0.1) is 29.1 Å². The van der Waals surface area contributed by atoms with Gasteiger partial charge in [-0.3, -0.25) is 13.8 Å². The van der Waals surface area contributed by atoms with Crippen LogP contribution in [0.1, 0.15) is 54.5 Å². The van der Waals surface area contributed by atoms with Gasteiger partial charge in [0.15, 0.2) is 29.0 Å². The highest BCUT2D eigenvalue weighted by Gasteiger charge is 2.55. The van der Waals surface area contributed by atoms with E-state index in [2.05, 4.69) is 41.1 Å². The van der Waals surface area contributed by atoms with E-state index in [1.807, 2.05) is 13.1 Å². The van der Waals surface area contributed by atoms with Crippen molar-refractivity contribution in [2.75, 3.05) is 13.1 Å². The molecule has 0 amide bonds. The molecule has 256 valence electrons. The second-order valence-corrected chi connectivity index (χ2v) is 21.5. The number of hydrogen-bond donors (Lipinski definition) is 0. The fourth-order valence-corrected chi connectivity index (χ4v) is 12.3. The lowest BCUT2D eigenvalue weighted by Gasteiger charge is -2.50. The van der Waals surface area contributed by atoms with E-state index < -0.39 is 41.1 Å². The van der Waals surface area contributed by atoms with E-state index in [-0.39, 0.29) is 40.5 Å². The minimum Gasteiger partial charge on any atom is -0.292 e. The molecule has 6 rings (SSSR count). The number of benzene rings is 1. The first-order valence-electron chi connectivity index (χ1n) is 15.6. The average molecular weight is 703 g/mol. The average Bonchev–Trinajstić information content (AvgIpc) is 3.64. The third-order valence-corrected chi connectivity index (χ3v) is 18.3. The molecule has 48 heavy (non-hydrogen) atoms. The largest absolute Gasteiger partial charge is 0.416 e. The molecule has 0 radical (unpaired) electrons. The molecule has 2 unspecified atom stereocenters. The normalized spacial score (nSPS) is 21.7. The van der Waals surface area contributed by atoms with Crippen molar-refractivity contribution in [1.29, 1.82) is 0 Å². The number of aromatic nitrogens is 6. The second-order valence-electron chi connectivity index (χ2n) is 14.2. The molecular formula is C32H38F4N8O2SSi. The van der Waals surface area contributed by atoms with Gasteiger partial charge >= 0.3 is 6.18 Å². The molecule has 4 heterocycles. The number of alkyl halides is 3. The molecule has 1 saturated heterocycles. The summed E-state index contributed by atoms with van der Waals surface area (Å²) >= 11 is 0. The maximum Gasteiger partial charge on any atom is 0.416 e. The maximum atomic E-state index is 15.4. The van der Waals surface area contributed by atoms with E-state index in [9.17, 15) is 22.4 Å². The Balaban J connectivity index is 1.51. The summed E-state index contributed by atoms with van der Waals surface area (Å²) < 4.78 is 79.1. The lowest BCUT2D eigenvalue weighted by molar-refractivity contribution is -0.137. The van der Waals surface area contributed by atoms with Crippen LogP contribution in [0.25, 0.3) is 5.69 Å². The first-order chi connectivity index (χ1) is 22.3. The van der Waals surface area contributed by atoms with Gasteiger partial charge < -0.3 is 0 Å². The van der Waals surface area contributed by atoms with Crippen LogP contribution >= 0.6 is 0 Å². The number of carbonyl (C=O) groups excluding carboxylic acids is 1. The van der Waals surface area contributed by atoms with E-state index in [0.717, 1.165) is 29.6 Å². The zero-order chi connectivity index (χ0) is 34.9. The van der Waals surface area contributed by atoms with E-state index in [1.165, 1.54) is 23.1 Å². The lowest BCUT2D eigenvalue weighted by atomic mass is 9.60. The van der Waals surface area contributed by atoms with Gasteiger partial charge in [-0.15, -0.1) is 5.10 Å². The van der Waals surface area contributed by atoms with Crippen LogP contribution in [-0.2, 0) is 36.0 Å². The summed E-state index contributed by atoms with van der Waals surface area (Å²) in [6.45, 7) is 10.5. The molecule has 0 N–H and O–H groups in total. The van der Waals surface area contributed by atoms with Gasteiger partial charge in [-0.05, 0) is 85.3 Å². The van der Waals surface area contributed by atoms with Crippen molar-refractivity contribution in [2.45, 2.75) is 69.4 Å². The van der Waals surface area contributed by atoms with Gasteiger partial charge in [-0.2, -0.15) is 28.2 Å². The smallest absolute Gasteiger partial charge is 0.292 e. The molecule has 1 aliphatic heterocycles. The number of hydrogen-bond acceptors (Lipinski definition) is 7. The zero-order valence-electron chi connectivity index (χ0n) is 27.6. The SMILES string of the molecule is Cn1ncc(S(=O)(=N[Si](C)(C)C(C)(C)C)N2CCC3Cc4c(cnn4-c4ccc(F)cc4)C[C@]3(C(=O)c3cc(C(F)(F)F)ccn3)C2)n1. The summed E-state index contributed by atoms with van der Waals surface area (Å²) in [5, 5.41) is 13.1. The van der Waals surface area contributed by atoms with Crippen LogP contribution in [0.4, 0.5) is 17.6 Å². The van der Waals surface area contributed by atoms with E-state index in [1.54, 1.807) is 34.4 Å². The number of rotatable bonds is 6. The Labute approximate surface area is 278 Å². The highest BCUT2D eigenvalue weighted by atomic mass is 32.2. The minimum absolute atomic E-state index is 0.0525. The monoisotopic (exact) mass is 702 g/mol. The summed E-state index contributed by atoms with van der Waals surface area (Å²) in [5.41, 5.74) is -0.386. The molecule has 16 heteroatoms. The van der Waals surface area contributed by atoms with Crippen molar-refractivity contribution in [3.8, 4) is 5.69 Å². The van der Waals surface area contributed by atoms with Crippen molar-refractivity contribution >= 4 is 23.9 Å². The fraction of sp³-hybridized carbons (Fsp3) is 0.469. The van der Waals surface area contributed by atoms with E-state index >= 15 is 4.21 Å². The summed E-state index contributed by atoms with van der Waals surface area (Å²) in [5.74, 6) is -1.31. The maximum absolute atomic E-state index is 15.4. The molecular weight excluding hydrogens is 665 g/mol. The molecule has 0 spiro atoms. The van der Waals surface area contributed by atoms with Crippen molar-refractivity contribution < 1.29 is 26.6 Å². The summed E-state index contributed by atoms with van der Waals surface area (Å²) in [7, 11) is -4.42. The Hall–Kier alpha value is -3.76. The lowest BCUT2D eigenvalue weighted by Crippen LogP contribution is -2.58. The Morgan fingerprint density at radius 1 is 1.08 bits per heavy atom. The molecule has 2 aliphatic rings. The molecule has 3 atom stereocenters.